The van der Waals surface area contributed by atoms with Crippen LogP contribution >= 0.6 is 11.3 Å². The molecule has 1 aromatic carbocycles. The van der Waals surface area contributed by atoms with Crippen LogP contribution in [0.5, 0.6) is 0 Å². The van der Waals surface area contributed by atoms with Gasteiger partial charge in [-0.25, -0.2) is 9.97 Å². The molecule has 0 saturated heterocycles. The average Bonchev–Trinajstić information content (AvgIpc) is 3.00. The minimum atomic E-state index is 0.385. The quantitative estimate of drug-likeness (QED) is 0.728. The number of rotatable bonds is 5. The van der Waals surface area contributed by atoms with Crippen molar-refractivity contribution in [2.45, 2.75) is 38.6 Å². The Morgan fingerprint density at radius 1 is 1.12 bits per heavy atom. The Morgan fingerprint density at radius 2 is 1.88 bits per heavy atom. The molecule has 0 aliphatic heterocycles. The number of fused-ring (bicyclic) bond motifs is 3. The molecule has 5 heteroatoms. The SMILES string of the molecule is Cc1nc(NC[C@@H](c2ccccc2)[NH+](C)C)c2c3c(sc2n1)CCCC3. The van der Waals surface area contributed by atoms with Crippen LogP contribution in [0.4, 0.5) is 5.82 Å². The summed E-state index contributed by atoms with van der Waals surface area (Å²) in [7, 11) is 4.43. The van der Waals surface area contributed by atoms with Crippen molar-refractivity contribution >= 4 is 27.4 Å². The van der Waals surface area contributed by atoms with Gasteiger partial charge in [-0.05, 0) is 38.2 Å². The summed E-state index contributed by atoms with van der Waals surface area (Å²) in [6.45, 7) is 2.86. The van der Waals surface area contributed by atoms with Gasteiger partial charge in [-0.2, -0.15) is 0 Å². The minimum Gasteiger partial charge on any atom is -0.363 e. The molecule has 0 spiro atoms. The molecule has 26 heavy (non-hydrogen) atoms. The van der Waals surface area contributed by atoms with Gasteiger partial charge < -0.3 is 10.2 Å². The van der Waals surface area contributed by atoms with Crippen LogP contribution in [0.1, 0.15) is 40.7 Å². The lowest BCUT2D eigenvalue weighted by molar-refractivity contribution is -0.890. The molecule has 0 bridgehead atoms. The summed E-state index contributed by atoms with van der Waals surface area (Å²) >= 11 is 1.87. The summed E-state index contributed by atoms with van der Waals surface area (Å²) in [6, 6.07) is 11.1. The highest BCUT2D eigenvalue weighted by Gasteiger charge is 2.22. The molecule has 2 aromatic heterocycles. The number of thiophene rings is 1. The van der Waals surface area contributed by atoms with Crippen LogP contribution in [0.3, 0.4) is 0 Å². The molecule has 0 saturated carbocycles. The maximum atomic E-state index is 4.78. The van der Waals surface area contributed by atoms with Gasteiger partial charge in [-0.1, -0.05) is 30.3 Å². The maximum Gasteiger partial charge on any atom is 0.139 e. The highest BCUT2D eigenvalue weighted by Crippen LogP contribution is 2.38. The topological polar surface area (TPSA) is 42.2 Å². The smallest absolute Gasteiger partial charge is 0.139 e. The number of hydrogen-bond donors (Lipinski definition) is 2. The summed E-state index contributed by atoms with van der Waals surface area (Å²) in [5.41, 5.74) is 2.85. The van der Waals surface area contributed by atoms with Crippen LogP contribution < -0.4 is 10.2 Å². The molecule has 0 amide bonds. The third-order valence-electron chi connectivity index (χ3n) is 5.30. The van der Waals surface area contributed by atoms with Crippen molar-refractivity contribution in [3.63, 3.8) is 0 Å². The van der Waals surface area contributed by atoms with E-state index in [1.807, 2.05) is 18.3 Å². The van der Waals surface area contributed by atoms with Crippen LogP contribution in [-0.4, -0.2) is 30.6 Å². The average molecular weight is 368 g/mol. The minimum absolute atomic E-state index is 0.385. The summed E-state index contributed by atoms with van der Waals surface area (Å²) in [6.07, 6.45) is 4.94. The van der Waals surface area contributed by atoms with Gasteiger partial charge in [0.15, 0.2) is 0 Å². The molecule has 136 valence electrons. The van der Waals surface area contributed by atoms with Crippen molar-refractivity contribution in [1.82, 2.24) is 9.97 Å². The zero-order valence-electron chi connectivity index (χ0n) is 15.8. The Bertz CT molecular complexity index is 901. The second-order valence-electron chi connectivity index (χ2n) is 7.43. The van der Waals surface area contributed by atoms with Crippen molar-refractivity contribution in [3.05, 3.63) is 52.2 Å². The zero-order chi connectivity index (χ0) is 18.1. The van der Waals surface area contributed by atoms with Gasteiger partial charge in [0.2, 0.25) is 0 Å². The van der Waals surface area contributed by atoms with Gasteiger partial charge in [0.05, 0.1) is 26.0 Å². The zero-order valence-corrected chi connectivity index (χ0v) is 16.6. The second kappa shape index (κ2) is 7.33. The maximum absolute atomic E-state index is 4.78. The summed E-state index contributed by atoms with van der Waals surface area (Å²) in [5.74, 6) is 1.88. The molecule has 0 fully saturated rings. The number of anilines is 1. The van der Waals surface area contributed by atoms with Crippen LogP contribution in [0.25, 0.3) is 10.2 Å². The van der Waals surface area contributed by atoms with Gasteiger partial charge in [-0.15, -0.1) is 11.3 Å². The van der Waals surface area contributed by atoms with E-state index in [2.05, 4.69) is 49.7 Å². The number of aromatic nitrogens is 2. The normalized spacial score (nSPS) is 15.2. The van der Waals surface area contributed by atoms with E-state index in [9.17, 15) is 0 Å². The Labute approximate surface area is 159 Å². The lowest BCUT2D eigenvalue weighted by atomic mass is 9.97. The molecule has 1 aliphatic carbocycles. The fraction of sp³-hybridized carbons (Fsp3) is 0.429. The Morgan fingerprint density at radius 3 is 2.65 bits per heavy atom. The van der Waals surface area contributed by atoms with Gasteiger partial charge >= 0.3 is 0 Å². The van der Waals surface area contributed by atoms with Crippen LogP contribution in [-0.2, 0) is 12.8 Å². The van der Waals surface area contributed by atoms with E-state index in [1.165, 1.54) is 45.6 Å². The molecule has 2 heterocycles. The van der Waals surface area contributed by atoms with Crippen molar-refractivity contribution < 1.29 is 4.90 Å². The first kappa shape index (κ1) is 17.4. The van der Waals surface area contributed by atoms with Gasteiger partial charge in [0, 0.05) is 10.4 Å². The lowest BCUT2D eigenvalue weighted by Crippen LogP contribution is -3.06. The number of benzene rings is 1. The molecular formula is C21H27N4S+. The van der Waals surface area contributed by atoms with Crippen LogP contribution in [0.15, 0.2) is 30.3 Å². The summed E-state index contributed by atoms with van der Waals surface area (Å²) in [5, 5.41) is 4.95. The van der Waals surface area contributed by atoms with E-state index < -0.39 is 0 Å². The predicted octanol–water partition coefficient (Wildman–Crippen LogP) is 3.18. The molecule has 2 N–H and O–H groups in total. The molecule has 0 unspecified atom stereocenters. The number of likely N-dealkylation sites (N-methyl/N-ethyl adjacent to an activating group) is 1. The van der Waals surface area contributed by atoms with E-state index in [4.69, 9.17) is 9.97 Å². The van der Waals surface area contributed by atoms with Crippen molar-refractivity contribution in [1.29, 1.82) is 0 Å². The van der Waals surface area contributed by atoms with E-state index in [0.29, 0.717) is 6.04 Å². The molecule has 3 aromatic rings. The van der Waals surface area contributed by atoms with Gasteiger partial charge in [0.25, 0.3) is 0 Å². The largest absolute Gasteiger partial charge is 0.363 e. The van der Waals surface area contributed by atoms with Gasteiger partial charge in [-0.3, -0.25) is 0 Å². The highest BCUT2D eigenvalue weighted by atomic mass is 32.1. The van der Waals surface area contributed by atoms with E-state index in [0.717, 1.165) is 29.4 Å². The second-order valence-corrected chi connectivity index (χ2v) is 8.52. The fourth-order valence-corrected chi connectivity index (χ4v) is 5.24. The molecular weight excluding hydrogens is 340 g/mol. The molecule has 4 rings (SSSR count). The fourth-order valence-electron chi connectivity index (χ4n) is 3.93. The molecule has 1 atom stereocenters. The third kappa shape index (κ3) is 3.33. The van der Waals surface area contributed by atoms with Crippen molar-refractivity contribution in [3.8, 4) is 0 Å². The molecule has 1 aliphatic rings. The standard InChI is InChI=1S/C21H26N4S/c1-14-23-20(19-16-11-7-8-12-18(16)26-21(19)24-14)22-13-17(25(2)3)15-9-5-4-6-10-15/h4-6,9-10,17H,7-8,11-13H2,1-3H3,(H,22,23,24)/p+1/t17-/m0/s1. The van der Waals surface area contributed by atoms with E-state index in [1.54, 1.807) is 0 Å². The molecule has 0 radical (unpaired) electrons. The number of nitrogens with zero attached hydrogens (tertiary/aromatic N) is 2. The van der Waals surface area contributed by atoms with E-state index >= 15 is 0 Å². The Hall–Kier alpha value is -1.98. The first-order valence-electron chi connectivity index (χ1n) is 9.51. The van der Waals surface area contributed by atoms with E-state index in [-0.39, 0.29) is 0 Å². The number of hydrogen-bond acceptors (Lipinski definition) is 4. The van der Waals surface area contributed by atoms with Crippen molar-refractivity contribution in [2.75, 3.05) is 26.0 Å². The highest BCUT2D eigenvalue weighted by molar-refractivity contribution is 7.19. The molecule has 4 nitrogen and oxygen atoms in total. The number of aryl methyl sites for hydroxylation is 3. The first-order chi connectivity index (χ1) is 12.6. The first-order valence-corrected chi connectivity index (χ1v) is 10.3. The number of nitrogens with one attached hydrogen (secondary N) is 2. The summed E-state index contributed by atoms with van der Waals surface area (Å²) in [4.78, 5) is 13.6. The predicted molar refractivity (Wildman–Crippen MR) is 109 cm³/mol. The van der Waals surface area contributed by atoms with Gasteiger partial charge in [0.1, 0.15) is 22.5 Å². The monoisotopic (exact) mass is 367 g/mol. The van der Waals surface area contributed by atoms with Crippen LogP contribution in [0, 0.1) is 6.92 Å². The third-order valence-corrected chi connectivity index (χ3v) is 6.48. The summed E-state index contributed by atoms with van der Waals surface area (Å²) < 4.78 is 0. The van der Waals surface area contributed by atoms with Crippen LogP contribution in [0.2, 0.25) is 0 Å². The number of quaternary nitrogens is 1. The Kier molecular flexibility index (Phi) is 4.92. The van der Waals surface area contributed by atoms with Crippen molar-refractivity contribution in [2.24, 2.45) is 0 Å². The lowest BCUT2D eigenvalue weighted by Gasteiger charge is -2.23. The Balaban J connectivity index is 1.67.